The van der Waals surface area contributed by atoms with Crippen molar-refractivity contribution < 1.29 is 0 Å². The van der Waals surface area contributed by atoms with Gasteiger partial charge in [-0.25, -0.2) is 0 Å². The van der Waals surface area contributed by atoms with E-state index in [0.717, 1.165) is 10.8 Å². The van der Waals surface area contributed by atoms with Crippen molar-refractivity contribution in [2.45, 2.75) is 0 Å². The lowest BCUT2D eigenvalue weighted by Crippen LogP contribution is -1.82. The molecule has 0 aromatic heterocycles. The van der Waals surface area contributed by atoms with E-state index in [1.165, 1.54) is 43.1 Å². The Morgan fingerprint density at radius 1 is 0.500 bits per heavy atom. The zero-order valence-electron chi connectivity index (χ0n) is 15.1. The van der Waals surface area contributed by atoms with Crippen molar-refractivity contribution in [1.29, 1.82) is 0 Å². The molecule has 0 atom stereocenters. The average molecular weight is 350 g/mol. The van der Waals surface area contributed by atoms with Gasteiger partial charge in [-0.3, -0.25) is 0 Å². The number of benzene rings is 6. The van der Waals surface area contributed by atoms with Gasteiger partial charge in [-0.1, -0.05) is 30.2 Å². The van der Waals surface area contributed by atoms with Crippen molar-refractivity contribution in [3.05, 3.63) is 103 Å². The second-order valence-corrected chi connectivity index (χ2v) is 7.40. The van der Waals surface area contributed by atoms with Crippen LogP contribution in [0.2, 0.25) is 0 Å². The summed E-state index contributed by atoms with van der Waals surface area (Å²) in [6.45, 7) is 0. The first-order chi connectivity index (χ1) is 13.8. The average Bonchev–Trinajstić information content (AvgIpc) is 2.73. The molecule has 0 aliphatic heterocycles. The Morgan fingerprint density at radius 2 is 0.893 bits per heavy atom. The summed E-state index contributed by atoms with van der Waals surface area (Å²) >= 11 is 0. The van der Waals surface area contributed by atoms with Crippen LogP contribution in [0.1, 0.15) is 5.56 Å². The molecule has 0 spiro atoms. The fourth-order valence-corrected chi connectivity index (χ4v) is 4.21. The number of hydrogen-bond acceptors (Lipinski definition) is 0. The van der Waals surface area contributed by atoms with Crippen LogP contribution in [0, 0.1) is 18.4 Å². The molecule has 6 aromatic rings. The third kappa shape index (κ3) is 2.27. The van der Waals surface area contributed by atoms with Gasteiger partial charge in [0.05, 0.1) is 0 Å². The molecule has 0 unspecified atom stereocenters. The van der Waals surface area contributed by atoms with Gasteiger partial charge in [0.1, 0.15) is 0 Å². The summed E-state index contributed by atoms with van der Waals surface area (Å²) in [7, 11) is 0. The van der Waals surface area contributed by atoms with Crippen molar-refractivity contribution >= 4 is 53.9 Å². The zero-order chi connectivity index (χ0) is 18.7. The van der Waals surface area contributed by atoms with Crippen LogP contribution in [-0.2, 0) is 0 Å². The standard InChI is InChI=1S/C28H14/c1-2-18-7-8-21-12-25-16-27-14-23-10-19-5-3-4-6-20(19)11-24(23)15-28(27)17-26(25)13-22(21)9-18/h3-6,8-17H. The molecule has 0 aliphatic carbocycles. The number of fused-ring (bicyclic) bond motifs is 5. The van der Waals surface area contributed by atoms with Gasteiger partial charge in [-0.15, -0.1) is 0 Å². The Balaban J connectivity index is 1.68. The largest absolute Gasteiger partial charge is 0.0616 e. The summed E-state index contributed by atoms with van der Waals surface area (Å²) in [5.41, 5.74) is 0.686. The molecule has 2 radical (unpaired) electrons. The van der Waals surface area contributed by atoms with Crippen LogP contribution in [0.15, 0.2) is 84.9 Å². The summed E-state index contributed by atoms with van der Waals surface area (Å²) < 4.78 is 0. The summed E-state index contributed by atoms with van der Waals surface area (Å²) in [5, 5.41) is 12.3. The van der Waals surface area contributed by atoms with Crippen molar-refractivity contribution in [3.63, 3.8) is 0 Å². The van der Waals surface area contributed by atoms with Gasteiger partial charge < -0.3 is 0 Å². The Hall–Kier alpha value is -3.82. The maximum absolute atomic E-state index is 7.34. The van der Waals surface area contributed by atoms with Gasteiger partial charge in [0.2, 0.25) is 0 Å². The van der Waals surface area contributed by atoms with Crippen molar-refractivity contribution in [2.75, 3.05) is 0 Å². The molecule has 0 amide bonds. The monoisotopic (exact) mass is 350 g/mol. The van der Waals surface area contributed by atoms with Crippen molar-refractivity contribution in [2.24, 2.45) is 0 Å². The molecule has 0 saturated carbocycles. The Kier molecular flexibility index (Phi) is 3.04. The van der Waals surface area contributed by atoms with E-state index in [9.17, 15) is 0 Å². The normalized spacial score (nSPS) is 11.5. The summed E-state index contributed by atoms with van der Waals surface area (Å²) in [4.78, 5) is 0. The number of hydrogen-bond donors (Lipinski definition) is 0. The molecule has 0 aliphatic rings. The summed E-state index contributed by atoms with van der Waals surface area (Å²) in [5.74, 6) is 2.43. The highest BCUT2D eigenvalue weighted by atomic mass is 14.1. The van der Waals surface area contributed by atoms with Gasteiger partial charge in [-0.2, -0.15) is 0 Å². The number of rotatable bonds is 0. The Morgan fingerprint density at radius 3 is 1.36 bits per heavy atom. The van der Waals surface area contributed by atoms with E-state index in [2.05, 4.69) is 84.8 Å². The SMILES string of the molecule is [C]#Cc1[c]cc2cc3cc4cc5cc6ccccc6cc5cc4cc3cc2c1. The minimum atomic E-state index is 0.686. The molecule has 0 heteroatoms. The van der Waals surface area contributed by atoms with E-state index in [1.807, 2.05) is 12.1 Å². The second-order valence-electron chi connectivity index (χ2n) is 7.40. The Bertz CT molecular complexity index is 1610. The molecule has 0 nitrogen and oxygen atoms in total. The molecule has 0 fully saturated rings. The van der Waals surface area contributed by atoms with Crippen LogP contribution < -0.4 is 0 Å². The lowest BCUT2D eigenvalue weighted by atomic mass is 9.96. The van der Waals surface area contributed by atoms with E-state index < -0.39 is 0 Å². The first-order valence-corrected chi connectivity index (χ1v) is 9.35. The van der Waals surface area contributed by atoms with E-state index in [1.54, 1.807) is 0 Å². The summed E-state index contributed by atoms with van der Waals surface area (Å²) in [6, 6.07) is 33.6. The third-order valence-corrected chi connectivity index (χ3v) is 5.64. The van der Waals surface area contributed by atoms with E-state index in [-0.39, 0.29) is 0 Å². The highest BCUT2D eigenvalue weighted by molar-refractivity contribution is 6.10. The molecule has 0 heterocycles. The summed E-state index contributed by atoms with van der Waals surface area (Å²) in [6.07, 6.45) is 7.34. The zero-order valence-corrected chi connectivity index (χ0v) is 15.1. The van der Waals surface area contributed by atoms with E-state index in [4.69, 9.17) is 6.42 Å². The molecular weight excluding hydrogens is 336 g/mol. The molecular formula is C28H14. The predicted octanol–water partition coefficient (Wildman–Crippen LogP) is 7.19. The second kappa shape index (κ2) is 5.59. The van der Waals surface area contributed by atoms with E-state index >= 15 is 0 Å². The lowest BCUT2D eigenvalue weighted by Gasteiger charge is -2.08. The van der Waals surface area contributed by atoms with Crippen LogP contribution in [0.4, 0.5) is 0 Å². The maximum atomic E-state index is 7.34. The lowest BCUT2D eigenvalue weighted by molar-refractivity contribution is 1.70. The molecule has 6 rings (SSSR count). The van der Waals surface area contributed by atoms with Crippen molar-refractivity contribution in [3.8, 4) is 5.92 Å². The quantitative estimate of drug-likeness (QED) is 0.201. The van der Waals surface area contributed by atoms with Gasteiger partial charge in [0.15, 0.2) is 0 Å². The van der Waals surface area contributed by atoms with Gasteiger partial charge in [-0.05, 0) is 127 Å². The van der Waals surface area contributed by atoms with Crippen LogP contribution in [-0.4, -0.2) is 0 Å². The highest BCUT2D eigenvalue weighted by Crippen LogP contribution is 2.32. The molecule has 126 valence electrons. The van der Waals surface area contributed by atoms with Crippen LogP contribution in [0.5, 0.6) is 0 Å². The minimum absolute atomic E-state index is 0.686. The van der Waals surface area contributed by atoms with Gasteiger partial charge in [0.25, 0.3) is 0 Å². The van der Waals surface area contributed by atoms with E-state index in [0.29, 0.717) is 5.56 Å². The van der Waals surface area contributed by atoms with Gasteiger partial charge >= 0.3 is 0 Å². The van der Waals surface area contributed by atoms with Crippen molar-refractivity contribution in [1.82, 2.24) is 0 Å². The van der Waals surface area contributed by atoms with Gasteiger partial charge in [0, 0.05) is 5.56 Å². The molecule has 0 saturated heterocycles. The highest BCUT2D eigenvalue weighted by Gasteiger charge is 2.05. The smallest absolute Gasteiger partial charge is 0.0340 e. The minimum Gasteiger partial charge on any atom is -0.0616 e. The molecule has 6 aromatic carbocycles. The topological polar surface area (TPSA) is 0 Å². The molecule has 0 N–H and O–H groups in total. The first kappa shape index (κ1) is 15.3. The Labute approximate surface area is 163 Å². The molecule has 0 bridgehead atoms. The molecule has 28 heavy (non-hydrogen) atoms. The van der Waals surface area contributed by atoms with Crippen LogP contribution in [0.3, 0.4) is 0 Å². The fraction of sp³-hybridized carbons (Fsp3) is 0. The van der Waals surface area contributed by atoms with Crippen LogP contribution >= 0.6 is 0 Å². The van der Waals surface area contributed by atoms with Crippen LogP contribution in [0.25, 0.3) is 53.9 Å². The predicted molar refractivity (Wildman–Crippen MR) is 119 cm³/mol. The first-order valence-electron chi connectivity index (χ1n) is 9.35. The maximum Gasteiger partial charge on any atom is 0.0340 e. The fourth-order valence-electron chi connectivity index (χ4n) is 4.21. The third-order valence-electron chi connectivity index (χ3n) is 5.64.